The fraction of sp³-hybridized carbons (Fsp3) is 0.237. The third-order valence-corrected chi connectivity index (χ3v) is 7.03. The van der Waals surface area contributed by atoms with E-state index in [9.17, 15) is 0 Å². The van der Waals surface area contributed by atoms with Gasteiger partial charge < -0.3 is 0 Å². The number of rotatable bonds is 8. The third kappa shape index (κ3) is 8.42. The van der Waals surface area contributed by atoms with Crippen LogP contribution in [0.2, 0.25) is 0 Å². The highest BCUT2D eigenvalue weighted by Crippen LogP contribution is 2.46. The van der Waals surface area contributed by atoms with Gasteiger partial charge >= 0.3 is 0 Å². The molecule has 0 N–H and O–H groups in total. The van der Waals surface area contributed by atoms with Gasteiger partial charge in [0.1, 0.15) is 0 Å². The second-order valence-corrected chi connectivity index (χ2v) is 9.73. The summed E-state index contributed by atoms with van der Waals surface area (Å²) in [7, 11) is 0. The lowest BCUT2D eigenvalue weighted by molar-refractivity contribution is 0.392. The molecule has 1 nitrogen and oxygen atoms in total. The highest BCUT2D eigenvalue weighted by molar-refractivity contribution is 5.84. The fourth-order valence-corrected chi connectivity index (χ4v) is 5.13. The van der Waals surface area contributed by atoms with Gasteiger partial charge in [0.05, 0.1) is 0 Å². The van der Waals surface area contributed by atoms with Crippen LogP contribution in [0, 0.1) is 25.7 Å². The second kappa shape index (κ2) is 16.6. The van der Waals surface area contributed by atoms with Crippen molar-refractivity contribution in [1.29, 1.82) is 0 Å². The van der Waals surface area contributed by atoms with Crippen molar-refractivity contribution in [1.82, 2.24) is 0 Å². The first-order chi connectivity index (χ1) is 19.0. The van der Waals surface area contributed by atoms with Crippen LogP contribution in [-0.4, -0.2) is 5.71 Å². The molecule has 1 heteroatoms. The van der Waals surface area contributed by atoms with E-state index >= 15 is 0 Å². The first-order valence-electron chi connectivity index (χ1n) is 13.7. The summed E-state index contributed by atoms with van der Waals surface area (Å²) in [6.07, 6.45) is 13.8. The Morgan fingerprint density at radius 1 is 0.769 bits per heavy atom. The lowest BCUT2D eigenvalue weighted by Crippen LogP contribution is -2.36. The summed E-state index contributed by atoms with van der Waals surface area (Å²) >= 11 is 0. The van der Waals surface area contributed by atoms with E-state index < -0.39 is 0 Å². The van der Waals surface area contributed by atoms with E-state index in [2.05, 4.69) is 161 Å². The van der Waals surface area contributed by atoms with E-state index in [4.69, 9.17) is 0 Å². The minimum absolute atomic E-state index is 0.113. The summed E-state index contributed by atoms with van der Waals surface area (Å²) in [4.78, 5) is 4.30. The molecule has 0 saturated carbocycles. The van der Waals surface area contributed by atoms with Crippen LogP contribution in [-0.2, 0) is 11.8 Å². The Hall–Kier alpha value is -4.15. The van der Waals surface area contributed by atoms with Gasteiger partial charge in [-0.25, -0.2) is 0 Å². The van der Waals surface area contributed by atoms with Crippen molar-refractivity contribution >= 4 is 5.71 Å². The molecule has 4 aromatic rings. The molecule has 0 aliphatic rings. The van der Waals surface area contributed by atoms with Gasteiger partial charge in [-0.1, -0.05) is 147 Å². The molecule has 0 saturated heterocycles. The van der Waals surface area contributed by atoms with Gasteiger partial charge in [-0.2, -0.15) is 0 Å². The zero-order chi connectivity index (χ0) is 28.5. The van der Waals surface area contributed by atoms with Gasteiger partial charge in [-0.3, -0.25) is 4.99 Å². The minimum atomic E-state index is -0.113. The van der Waals surface area contributed by atoms with Crippen molar-refractivity contribution < 1.29 is 0 Å². The molecule has 0 aliphatic heterocycles. The zero-order valence-electron chi connectivity index (χ0n) is 24.2. The summed E-state index contributed by atoms with van der Waals surface area (Å²) in [6, 6.07) is 41.4. The number of hydrogen-bond acceptors (Lipinski definition) is 1. The predicted molar refractivity (Wildman–Crippen MR) is 171 cm³/mol. The van der Waals surface area contributed by atoms with Gasteiger partial charge in [0.2, 0.25) is 0 Å². The van der Waals surface area contributed by atoms with Crippen molar-refractivity contribution in [3.05, 3.63) is 155 Å². The van der Waals surface area contributed by atoms with Gasteiger partial charge in [-0.05, 0) is 48.9 Å². The third-order valence-electron chi connectivity index (χ3n) is 7.03. The number of hydrogen-bond donors (Lipinski definition) is 0. The van der Waals surface area contributed by atoms with Crippen LogP contribution in [0.4, 0.5) is 0 Å². The largest absolute Gasteiger partial charge is 0.266 e. The van der Waals surface area contributed by atoms with E-state index in [0.29, 0.717) is 5.92 Å². The molecule has 0 unspecified atom stereocenters. The van der Waals surface area contributed by atoms with E-state index in [1.54, 1.807) is 0 Å². The molecule has 0 bridgehead atoms. The van der Waals surface area contributed by atoms with E-state index in [1.165, 1.54) is 27.8 Å². The maximum absolute atomic E-state index is 4.30. The molecule has 0 heterocycles. The van der Waals surface area contributed by atoms with Crippen LogP contribution in [0.5, 0.6) is 0 Å². The van der Waals surface area contributed by atoms with Crippen LogP contribution < -0.4 is 0 Å². The maximum atomic E-state index is 4.30. The van der Waals surface area contributed by atoms with Crippen molar-refractivity contribution in [2.45, 2.75) is 52.9 Å². The van der Waals surface area contributed by atoms with Crippen LogP contribution >= 0.6 is 0 Å². The smallest absolute Gasteiger partial charge is 0.0476 e. The molecule has 0 radical (unpaired) electrons. The molecule has 0 fully saturated rings. The number of nitrogens with zero attached hydrogens (tertiary/aromatic N) is 1. The molecule has 4 rings (SSSR count). The molecule has 0 aromatic heterocycles. The summed E-state index contributed by atoms with van der Waals surface area (Å²) < 4.78 is 0. The Morgan fingerprint density at radius 2 is 1.23 bits per heavy atom. The summed E-state index contributed by atoms with van der Waals surface area (Å²) in [6.45, 7) is 10.8. The van der Waals surface area contributed by atoms with Gasteiger partial charge in [0.15, 0.2) is 0 Å². The average Bonchev–Trinajstić information content (AvgIpc) is 2.99. The topological polar surface area (TPSA) is 12.4 Å². The lowest BCUT2D eigenvalue weighted by Gasteiger charge is -2.41. The Labute approximate surface area is 237 Å². The first kappa shape index (κ1) is 31.1. The quantitative estimate of drug-likeness (QED) is 0.126. The highest BCUT2D eigenvalue weighted by atomic mass is 14.7. The van der Waals surface area contributed by atoms with E-state index in [0.717, 1.165) is 18.6 Å². The molecule has 1 atom stereocenters. The number of allylic oxidation sites excluding steroid dienone is 1. The summed E-state index contributed by atoms with van der Waals surface area (Å²) in [5.74, 6) is 0.495. The SMILES string of the molecule is C#C.C/C=C\N=C(C)Cc1cccc(C)c1.CC[C@@H](C)C(c1ccccc1)(c1ccccc1)c1ccccc1. The first-order valence-corrected chi connectivity index (χ1v) is 13.7. The number of terminal acetylenes is 1. The van der Waals surface area contributed by atoms with Crippen LogP contribution in [0.3, 0.4) is 0 Å². The number of aryl methyl sites for hydroxylation is 1. The average molecular weight is 514 g/mol. The van der Waals surface area contributed by atoms with Crippen LogP contribution in [0.1, 0.15) is 61.9 Å². The van der Waals surface area contributed by atoms with Gasteiger partial charge in [0.25, 0.3) is 0 Å². The Kier molecular flexibility index (Phi) is 13.3. The van der Waals surface area contributed by atoms with E-state index in [-0.39, 0.29) is 5.41 Å². The summed E-state index contributed by atoms with van der Waals surface area (Å²) in [5.41, 5.74) is 7.77. The highest BCUT2D eigenvalue weighted by Gasteiger charge is 2.40. The molecule has 200 valence electrons. The predicted octanol–water partition coefficient (Wildman–Crippen LogP) is 9.85. The maximum Gasteiger partial charge on any atom is 0.0476 e. The number of benzene rings is 4. The normalized spacial score (nSPS) is 12.0. The van der Waals surface area contributed by atoms with Crippen LogP contribution in [0.15, 0.2) is 133 Å². The summed E-state index contributed by atoms with van der Waals surface area (Å²) in [5, 5.41) is 0. The number of aliphatic imine (C=N–C) groups is 1. The Bertz CT molecular complexity index is 1200. The molecular weight excluding hydrogens is 470 g/mol. The molecule has 39 heavy (non-hydrogen) atoms. The van der Waals surface area contributed by atoms with Crippen molar-refractivity contribution in [2.75, 3.05) is 0 Å². The molecule has 4 aromatic carbocycles. The molecular formula is C38H43N. The van der Waals surface area contributed by atoms with Crippen LogP contribution in [0.25, 0.3) is 0 Å². The zero-order valence-corrected chi connectivity index (χ0v) is 24.2. The minimum Gasteiger partial charge on any atom is -0.266 e. The van der Waals surface area contributed by atoms with Gasteiger partial charge in [0, 0.05) is 23.7 Å². The second-order valence-electron chi connectivity index (χ2n) is 9.73. The van der Waals surface area contributed by atoms with E-state index in [1.807, 2.05) is 19.2 Å². The Morgan fingerprint density at radius 3 is 1.62 bits per heavy atom. The standard InChI is InChI=1S/C23H24.C13H17N.C2H2/c1-3-19(2)23(20-13-7-4-8-14-20,21-15-9-5-10-16-21)22-17-11-6-12-18-22;1-4-8-14-12(3)10-13-7-5-6-11(2)9-13;1-2/h4-19H,3H2,1-2H3;4-9H,10H2,1-3H3;1-2H/b;8-4-,14-12?;/t19-;;/m1../s1. The molecule has 0 aliphatic carbocycles. The fourth-order valence-electron chi connectivity index (χ4n) is 5.13. The molecule has 0 amide bonds. The molecule has 0 spiro atoms. The monoisotopic (exact) mass is 513 g/mol. The Balaban J connectivity index is 0.000000287. The lowest BCUT2D eigenvalue weighted by atomic mass is 9.61. The van der Waals surface area contributed by atoms with Gasteiger partial charge in [-0.15, -0.1) is 12.8 Å². The van der Waals surface area contributed by atoms with Crippen molar-refractivity contribution in [2.24, 2.45) is 10.9 Å². The van der Waals surface area contributed by atoms with Crippen molar-refractivity contribution in [3.63, 3.8) is 0 Å². The van der Waals surface area contributed by atoms with Crippen molar-refractivity contribution in [3.8, 4) is 12.8 Å².